The van der Waals surface area contributed by atoms with Crippen LogP contribution < -0.4 is 5.73 Å². The summed E-state index contributed by atoms with van der Waals surface area (Å²) < 4.78 is 1.76. The number of aromatic nitrogens is 3. The molecule has 2 N–H and O–H groups in total. The third kappa shape index (κ3) is 2.06. The zero-order valence-corrected chi connectivity index (χ0v) is 7.87. The second-order valence-corrected chi connectivity index (χ2v) is 3.77. The van der Waals surface area contributed by atoms with Crippen molar-refractivity contribution in [3.8, 4) is 0 Å². The highest BCUT2D eigenvalue weighted by Gasteiger charge is 1.97. The molecule has 68 valence electrons. The first-order valence-electron chi connectivity index (χ1n) is 4.02. The van der Waals surface area contributed by atoms with E-state index in [2.05, 4.69) is 27.8 Å². The second kappa shape index (κ2) is 3.57. The average Bonchev–Trinajstić information content (AvgIpc) is 2.71. The van der Waals surface area contributed by atoms with Crippen molar-refractivity contribution in [2.45, 2.75) is 13.0 Å². The first-order valence-corrected chi connectivity index (χ1v) is 4.90. The molecule has 0 aliphatic rings. The third-order valence-electron chi connectivity index (χ3n) is 1.72. The van der Waals surface area contributed by atoms with E-state index in [0.717, 1.165) is 13.0 Å². The van der Waals surface area contributed by atoms with Gasteiger partial charge in [0.25, 0.3) is 0 Å². The summed E-state index contributed by atoms with van der Waals surface area (Å²) in [4.78, 5) is 1.36. The normalized spacial score (nSPS) is 10.5. The Morgan fingerprint density at radius 1 is 1.54 bits per heavy atom. The standard InChI is InChI=1S/C8H10N4S/c9-8-6-12(11-10-8)4-3-7-2-1-5-13-7/h1-2,5-6H,3-4,9H2. The smallest absolute Gasteiger partial charge is 0.165 e. The van der Waals surface area contributed by atoms with Crippen LogP contribution >= 0.6 is 11.3 Å². The molecule has 2 aromatic heterocycles. The first-order chi connectivity index (χ1) is 6.34. The molecule has 0 unspecified atom stereocenters. The van der Waals surface area contributed by atoms with Crippen molar-refractivity contribution in [3.63, 3.8) is 0 Å². The monoisotopic (exact) mass is 194 g/mol. The summed E-state index contributed by atoms with van der Waals surface area (Å²) in [5, 5.41) is 9.65. The van der Waals surface area contributed by atoms with Crippen molar-refractivity contribution in [2.75, 3.05) is 5.73 Å². The third-order valence-corrected chi connectivity index (χ3v) is 2.66. The van der Waals surface area contributed by atoms with Gasteiger partial charge < -0.3 is 5.73 Å². The number of nitrogens with two attached hydrogens (primary N) is 1. The molecule has 0 amide bonds. The molecule has 0 fully saturated rings. The Balaban J connectivity index is 1.93. The molecule has 0 aromatic carbocycles. The second-order valence-electron chi connectivity index (χ2n) is 2.74. The molecule has 2 aromatic rings. The Hall–Kier alpha value is -1.36. The van der Waals surface area contributed by atoms with Crippen LogP contribution in [0.4, 0.5) is 5.82 Å². The van der Waals surface area contributed by atoms with Gasteiger partial charge in [0, 0.05) is 17.8 Å². The maximum Gasteiger partial charge on any atom is 0.165 e. The zero-order valence-electron chi connectivity index (χ0n) is 7.05. The molecule has 13 heavy (non-hydrogen) atoms. The zero-order chi connectivity index (χ0) is 9.10. The van der Waals surface area contributed by atoms with Crippen LogP contribution in [0.3, 0.4) is 0 Å². The van der Waals surface area contributed by atoms with E-state index in [1.54, 1.807) is 22.2 Å². The topological polar surface area (TPSA) is 56.7 Å². The Morgan fingerprint density at radius 2 is 2.46 bits per heavy atom. The molecular formula is C8H10N4S. The highest BCUT2D eigenvalue weighted by molar-refractivity contribution is 7.09. The van der Waals surface area contributed by atoms with Crippen molar-refractivity contribution < 1.29 is 0 Å². The molecule has 0 atom stereocenters. The molecule has 0 aliphatic carbocycles. The van der Waals surface area contributed by atoms with Crippen molar-refractivity contribution in [1.82, 2.24) is 15.0 Å². The van der Waals surface area contributed by atoms with E-state index in [1.807, 2.05) is 0 Å². The molecule has 0 saturated carbocycles. The molecule has 0 saturated heterocycles. The lowest BCUT2D eigenvalue weighted by Gasteiger charge is -1.96. The van der Waals surface area contributed by atoms with Gasteiger partial charge in [-0.3, -0.25) is 0 Å². The molecule has 2 rings (SSSR count). The summed E-state index contributed by atoms with van der Waals surface area (Å²) in [5.41, 5.74) is 5.44. The van der Waals surface area contributed by atoms with Gasteiger partial charge in [0.1, 0.15) is 0 Å². The minimum atomic E-state index is 0.478. The van der Waals surface area contributed by atoms with Crippen molar-refractivity contribution >= 4 is 17.2 Å². The Kier molecular flexibility index (Phi) is 2.27. The van der Waals surface area contributed by atoms with E-state index in [9.17, 15) is 0 Å². The van der Waals surface area contributed by atoms with E-state index in [4.69, 9.17) is 5.73 Å². The minimum Gasteiger partial charge on any atom is -0.381 e. The van der Waals surface area contributed by atoms with Gasteiger partial charge in [-0.05, 0) is 11.4 Å². The first kappa shape index (κ1) is 8.25. The number of thiophene rings is 1. The van der Waals surface area contributed by atoms with Crippen LogP contribution in [0.2, 0.25) is 0 Å². The fourth-order valence-electron chi connectivity index (χ4n) is 1.10. The number of hydrogen-bond acceptors (Lipinski definition) is 4. The Labute approximate surface area is 80.0 Å². The lowest BCUT2D eigenvalue weighted by molar-refractivity contribution is 0.592. The van der Waals surface area contributed by atoms with Gasteiger partial charge in [0.05, 0.1) is 6.20 Å². The summed E-state index contributed by atoms with van der Waals surface area (Å²) in [6.07, 6.45) is 2.73. The quantitative estimate of drug-likeness (QED) is 0.797. The van der Waals surface area contributed by atoms with E-state index < -0.39 is 0 Å². The highest BCUT2D eigenvalue weighted by Crippen LogP contribution is 2.09. The minimum absolute atomic E-state index is 0.478. The molecule has 0 aliphatic heterocycles. The van der Waals surface area contributed by atoms with Crippen LogP contribution in [0.5, 0.6) is 0 Å². The maximum atomic E-state index is 5.44. The summed E-state index contributed by atoms with van der Waals surface area (Å²) in [6.45, 7) is 0.838. The van der Waals surface area contributed by atoms with Gasteiger partial charge in [0.2, 0.25) is 0 Å². The van der Waals surface area contributed by atoms with Crippen LogP contribution in [0, 0.1) is 0 Å². The maximum absolute atomic E-state index is 5.44. The fourth-order valence-corrected chi connectivity index (χ4v) is 1.80. The number of nitrogen functional groups attached to an aromatic ring is 1. The summed E-state index contributed by atoms with van der Waals surface area (Å²) >= 11 is 1.76. The van der Waals surface area contributed by atoms with Crippen LogP contribution in [0.15, 0.2) is 23.7 Å². The predicted octanol–water partition coefficient (Wildman–Crippen LogP) is 1.16. The van der Waals surface area contributed by atoms with Crippen molar-refractivity contribution in [3.05, 3.63) is 28.6 Å². The molecule has 5 heteroatoms. The molecule has 0 radical (unpaired) electrons. The van der Waals surface area contributed by atoms with Crippen LogP contribution in [0.1, 0.15) is 4.88 Å². The average molecular weight is 194 g/mol. The summed E-state index contributed by atoms with van der Waals surface area (Å²) in [7, 11) is 0. The number of hydrogen-bond donors (Lipinski definition) is 1. The van der Waals surface area contributed by atoms with Gasteiger partial charge in [-0.25, -0.2) is 4.68 Å². The lowest BCUT2D eigenvalue weighted by atomic mass is 10.3. The molecule has 0 bridgehead atoms. The largest absolute Gasteiger partial charge is 0.381 e. The van der Waals surface area contributed by atoms with Crippen LogP contribution in [-0.2, 0) is 13.0 Å². The summed E-state index contributed by atoms with van der Waals surface area (Å²) in [6, 6.07) is 4.17. The molecule has 4 nitrogen and oxygen atoms in total. The van der Waals surface area contributed by atoms with Crippen LogP contribution in [-0.4, -0.2) is 15.0 Å². The molecular weight excluding hydrogens is 184 g/mol. The van der Waals surface area contributed by atoms with Gasteiger partial charge in [-0.2, -0.15) is 0 Å². The SMILES string of the molecule is Nc1cn(CCc2cccs2)nn1. The van der Waals surface area contributed by atoms with Gasteiger partial charge in [0.15, 0.2) is 5.82 Å². The number of nitrogens with zero attached hydrogens (tertiary/aromatic N) is 3. The number of rotatable bonds is 3. The van der Waals surface area contributed by atoms with Crippen molar-refractivity contribution in [1.29, 1.82) is 0 Å². The molecule has 2 heterocycles. The van der Waals surface area contributed by atoms with Crippen LogP contribution in [0.25, 0.3) is 0 Å². The number of anilines is 1. The lowest BCUT2D eigenvalue weighted by Crippen LogP contribution is -2.00. The van der Waals surface area contributed by atoms with Gasteiger partial charge in [-0.1, -0.05) is 11.3 Å². The van der Waals surface area contributed by atoms with Gasteiger partial charge >= 0.3 is 0 Å². The van der Waals surface area contributed by atoms with E-state index in [-0.39, 0.29) is 0 Å². The van der Waals surface area contributed by atoms with E-state index >= 15 is 0 Å². The van der Waals surface area contributed by atoms with E-state index in [0.29, 0.717) is 5.82 Å². The Bertz CT molecular complexity index is 365. The highest BCUT2D eigenvalue weighted by atomic mass is 32.1. The Morgan fingerprint density at radius 3 is 3.08 bits per heavy atom. The summed E-state index contributed by atoms with van der Waals surface area (Å²) in [5.74, 6) is 0.478. The van der Waals surface area contributed by atoms with Crippen molar-refractivity contribution in [2.24, 2.45) is 0 Å². The number of aryl methyl sites for hydroxylation is 2. The fraction of sp³-hybridized carbons (Fsp3) is 0.250. The van der Waals surface area contributed by atoms with E-state index in [1.165, 1.54) is 4.88 Å². The molecule has 0 spiro atoms. The van der Waals surface area contributed by atoms with Gasteiger partial charge in [-0.15, -0.1) is 16.4 Å². The predicted molar refractivity (Wildman–Crippen MR) is 52.5 cm³/mol.